The molecular weight excluding hydrogens is 751 g/mol. The van der Waals surface area contributed by atoms with E-state index in [-0.39, 0.29) is 13.0 Å². The molecule has 1 saturated carbocycles. The molecule has 1 aliphatic carbocycles. The van der Waals surface area contributed by atoms with E-state index in [1.165, 1.54) is 116 Å². The minimum absolute atomic E-state index is 0.0744. The Kier molecular flexibility index (Phi) is 34.0. The van der Waals surface area contributed by atoms with Crippen molar-refractivity contribution < 1.29 is 58.3 Å². The summed E-state index contributed by atoms with van der Waals surface area (Å²) >= 11 is 0. The first-order chi connectivity index (χ1) is 27.5. The molecule has 0 bridgehead atoms. The Labute approximate surface area is 346 Å². The van der Waals surface area contributed by atoms with Crippen LogP contribution in [0.1, 0.15) is 200 Å². The van der Waals surface area contributed by atoms with Crippen molar-refractivity contribution in [3.8, 4) is 0 Å². The molecule has 13 heteroatoms. The number of rotatable bonds is 39. The van der Waals surface area contributed by atoms with Gasteiger partial charge in [-0.15, -0.1) is 0 Å². The highest BCUT2D eigenvalue weighted by Crippen LogP contribution is 2.47. The molecule has 1 rings (SSSR count). The van der Waals surface area contributed by atoms with Gasteiger partial charge < -0.3 is 39.9 Å². The molecule has 12 nitrogen and oxygen atoms in total. The molecule has 1 fully saturated rings. The maximum absolute atomic E-state index is 12.8. The van der Waals surface area contributed by atoms with Crippen LogP contribution in [0.3, 0.4) is 0 Å². The Hall–Kier alpha value is -0.920. The summed E-state index contributed by atoms with van der Waals surface area (Å²) in [7, 11) is -5.01. The fourth-order valence-electron chi connectivity index (χ4n) is 7.17. The van der Waals surface area contributed by atoms with Crippen molar-refractivity contribution in [1.29, 1.82) is 0 Å². The van der Waals surface area contributed by atoms with Crippen LogP contribution in [-0.4, -0.2) is 98.9 Å². The fourth-order valence-corrected chi connectivity index (χ4v) is 8.15. The third-order valence-electron chi connectivity index (χ3n) is 10.9. The minimum Gasteiger partial charge on any atom is -0.457 e. The number of ether oxygens (including phenoxy) is 2. The Morgan fingerprint density at radius 1 is 0.544 bits per heavy atom. The number of phosphoric ester groups is 1. The summed E-state index contributed by atoms with van der Waals surface area (Å²) in [5.41, 5.74) is 0. The lowest BCUT2D eigenvalue weighted by Crippen LogP contribution is -2.64. The third-order valence-corrected chi connectivity index (χ3v) is 11.9. The number of esters is 1. The SMILES string of the molecule is CCCCCCCC/C=C\CCCCCCCC(=O)OC(COCCCCCCCCCCCCCCCCC)COP(=O)(O)OC1C(O)C(O)C(O)C(O)C1O. The van der Waals surface area contributed by atoms with Crippen molar-refractivity contribution in [1.82, 2.24) is 0 Å². The molecule has 0 radical (unpaired) electrons. The lowest BCUT2D eigenvalue weighted by molar-refractivity contribution is -0.220. The molecular formula is C44H85O12P. The number of allylic oxidation sites excluding steroid dienone is 2. The summed E-state index contributed by atoms with van der Waals surface area (Å²) in [5.74, 6) is -0.483. The molecule has 0 saturated heterocycles. The van der Waals surface area contributed by atoms with Crippen molar-refractivity contribution in [2.45, 2.75) is 243 Å². The molecule has 57 heavy (non-hydrogen) atoms. The Balaban J connectivity index is 2.40. The predicted molar refractivity (Wildman–Crippen MR) is 226 cm³/mol. The van der Waals surface area contributed by atoms with Crippen LogP contribution in [0.4, 0.5) is 0 Å². The molecule has 6 atom stereocenters. The van der Waals surface area contributed by atoms with Gasteiger partial charge in [0.25, 0.3) is 0 Å². The molecule has 6 N–H and O–H groups in total. The van der Waals surface area contributed by atoms with Crippen LogP contribution >= 0.6 is 7.82 Å². The summed E-state index contributed by atoms with van der Waals surface area (Å²) in [6.07, 6.45) is 25.6. The lowest BCUT2D eigenvalue weighted by atomic mass is 9.85. The van der Waals surface area contributed by atoms with E-state index in [0.717, 1.165) is 57.8 Å². The van der Waals surface area contributed by atoms with Gasteiger partial charge >= 0.3 is 13.8 Å². The normalized spacial score (nSPS) is 22.9. The third kappa shape index (κ3) is 28.3. The van der Waals surface area contributed by atoms with Crippen LogP contribution in [0.15, 0.2) is 12.2 Å². The second kappa shape index (κ2) is 35.8. The smallest absolute Gasteiger partial charge is 0.457 e. The van der Waals surface area contributed by atoms with Gasteiger partial charge in [-0.05, 0) is 38.5 Å². The monoisotopic (exact) mass is 837 g/mol. The summed E-state index contributed by atoms with van der Waals surface area (Å²) in [4.78, 5) is 23.1. The maximum Gasteiger partial charge on any atom is 0.472 e. The van der Waals surface area contributed by atoms with E-state index in [1.807, 2.05) is 0 Å². The van der Waals surface area contributed by atoms with E-state index < -0.39 is 63.1 Å². The van der Waals surface area contributed by atoms with E-state index in [4.69, 9.17) is 18.5 Å². The van der Waals surface area contributed by atoms with Gasteiger partial charge in [0.2, 0.25) is 0 Å². The van der Waals surface area contributed by atoms with Crippen LogP contribution < -0.4 is 0 Å². The lowest BCUT2D eigenvalue weighted by Gasteiger charge is -2.41. The highest BCUT2D eigenvalue weighted by molar-refractivity contribution is 7.47. The summed E-state index contributed by atoms with van der Waals surface area (Å²) in [6.45, 7) is 4.26. The summed E-state index contributed by atoms with van der Waals surface area (Å²) < 4.78 is 34.2. The van der Waals surface area contributed by atoms with Crippen LogP contribution in [0.25, 0.3) is 0 Å². The zero-order chi connectivity index (χ0) is 42.0. The van der Waals surface area contributed by atoms with Crippen molar-refractivity contribution >= 4 is 13.8 Å². The minimum atomic E-state index is -5.01. The zero-order valence-electron chi connectivity index (χ0n) is 35.9. The molecule has 6 unspecified atom stereocenters. The quantitative estimate of drug-likeness (QED) is 0.0149. The number of aliphatic hydroxyl groups excluding tert-OH is 5. The average molecular weight is 837 g/mol. The van der Waals surface area contributed by atoms with Crippen LogP contribution in [-0.2, 0) is 27.9 Å². The standard InChI is InChI=1S/C44H85O12P/c1-3-5-7-9-11-13-15-17-19-21-23-25-27-29-31-33-38(45)55-37(36-54-57(51,52)56-44-42(49)40(47)39(46)41(48)43(44)50)35-53-34-32-30-28-26-24-22-20-18-16-14-12-10-8-6-4-2/h17,19,37,39-44,46-50H,3-16,18,20-36H2,1-2H3,(H,51,52)/b19-17-. The first-order valence-corrected chi connectivity index (χ1v) is 24.5. The van der Waals surface area contributed by atoms with Gasteiger partial charge in [-0.2, -0.15) is 0 Å². The fraction of sp³-hybridized carbons (Fsp3) is 0.932. The Morgan fingerprint density at radius 2 is 0.930 bits per heavy atom. The predicted octanol–water partition coefficient (Wildman–Crippen LogP) is 9.14. The maximum atomic E-state index is 12.8. The van der Waals surface area contributed by atoms with Gasteiger partial charge in [-0.1, -0.05) is 167 Å². The number of hydrogen-bond donors (Lipinski definition) is 6. The van der Waals surface area contributed by atoms with E-state index in [2.05, 4.69) is 26.0 Å². The number of carbonyl (C=O) groups excluding carboxylic acids is 1. The zero-order valence-corrected chi connectivity index (χ0v) is 36.8. The molecule has 338 valence electrons. The van der Waals surface area contributed by atoms with Crippen molar-refractivity contribution in [2.75, 3.05) is 19.8 Å². The largest absolute Gasteiger partial charge is 0.472 e. The topological polar surface area (TPSA) is 192 Å². The highest BCUT2D eigenvalue weighted by Gasteiger charge is 2.51. The molecule has 0 aromatic heterocycles. The second-order valence-electron chi connectivity index (χ2n) is 16.3. The molecule has 0 aliphatic heterocycles. The number of carbonyl (C=O) groups is 1. The second-order valence-corrected chi connectivity index (χ2v) is 17.7. The highest BCUT2D eigenvalue weighted by atomic mass is 31.2. The van der Waals surface area contributed by atoms with Gasteiger partial charge in [0.05, 0.1) is 13.2 Å². The van der Waals surface area contributed by atoms with Gasteiger partial charge in [0, 0.05) is 13.0 Å². The van der Waals surface area contributed by atoms with Crippen molar-refractivity contribution in [2.24, 2.45) is 0 Å². The van der Waals surface area contributed by atoms with Gasteiger partial charge in [0.15, 0.2) is 0 Å². The van der Waals surface area contributed by atoms with Gasteiger partial charge in [-0.3, -0.25) is 13.8 Å². The van der Waals surface area contributed by atoms with Crippen molar-refractivity contribution in [3.63, 3.8) is 0 Å². The van der Waals surface area contributed by atoms with E-state index in [1.54, 1.807) is 0 Å². The first-order valence-electron chi connectivity index (χ1n) is 23.0. The average Bonchev–Trinajstić information content (AvgIpc) is 3.19. The first kappa shape index (κ1) is 54.1. The van der Waals surface area contributed by atoms with Crippen LogP contribution in [0.5, 0.6) is 0 Å². The number of aliphatic hydroxyl groups is 5. The molecule has 0 heterocycles. The van der Waals surface area contributed by atoms with Crippen LogP contribution in [0, 0.1) is 0 Å². The van der Waals surface area contributed by atoms with Crippen molar-refractivity contribution in [3.05, 3.63) is 12.2 Å². The molecule has 0 spiro atoms. The number of hydrogen-bond acceptors (Lipinski definition) is 11. The summed E-state index contributed by atoms with van der Waals surface area (Å²) in [5, 5.41) is 50.1. The molecule has 0 aromatic carbocycles. The Morgan fingerprint density at radius 3 is 1.39 bits per heavy atom. The van der Waals surface area contributed by atoms with Crippen LogP contribution in [0.2, 0.25) is 0 Å². The van der Waals surface area contributed by atoms with E-state index in [0.29, 0.717) is 13.0 Å². The van der Waals surface area contributed by atoms with Gasteiger partial charge in [0.1, 0.15) is 42.7 Å². The molecule has 1 aliphatic rings. The van der Waals surface area contributed by atoms with E-state index >= 15 is 0 Å². The molecule has 0 aromatic rings. The number of unbranched alkanes of at least 4 members (excludes halogenated alkanes) is 25. The van der Waals surface area contributed by atoms with E-state index in [9.17, 15) is 39.8 Å². The Bertz CT molecular complexity index is 1000. The number of phosphoric acid groups is 1. The summed E-state index contributed by atoms with van der Waals surface area (Å²) in [6, 6.07) is 0. The molecule has 0 amide bonds. The van der Waals surface area contributed by atoms with Gasteiger partial charge in [-0.25, -0.2) is 4.57 Å².